The van der Waals surface area contributed by atoms with Crippen molar-refractivity contribution < 1.29 is 0 Å². The van der Waals surface area contributed by atoms with Crippen LogP contribution in [0.5, 0.6) is 0 Å². The molecule has 0 aromatic heterocycles. The molecule has 0 heterocycles. The first-order chi connectivity index (χ1) is 7.86. The summed E-state index contributed by atoms with van der Waals surface area (Å²) >= 11 is 1.63. The molecule has 3 radical (unpaired) electrons. The molecule has 0 rings (SSSR count). The molecule has 0 spiro atoms. The van der Waals surface area contributed by atoms with Crippen molar-refractivity contribution in [3.05, 3.63) is 0 Å². The van der Waals surface area contributed by atoms with Gasteiger partial charge in [0.25, 0.3) is 0 Å². The third-order valence-electron chi connectivity index (χ3n) is 2.09. The van der Waals surface area contributed by atoms with Gasteiger partial charge in [0, 0.05) is 0 Å². The van der Waals surface area contributed by atoms with Gasteiger partial charge in [-0.1, -0.05) is 39.3 Å². The Bertz CT molecular complexity index is 233. The molecule has 0 aliphatic rings. The quantitative estimate of drug-likeness (QED) is 0.657. The molecule has 0 aliphatic carbocycles. The molecule has 2 nitrogen and oxygen atoms in total. The van der Waals surface area contributed by atoms with Crippen molar-refractivity contribution in [3.8, 4) is 0 Å². The summed E-state index contributed by atoms with van der Waals surface area (Å²) in [6.45, 7) is 28.7. The average molecular weight is 440 g/mol. The summed E-state index contributed by atoms with van der Waals surface area (Å²) in [7, 11) is -3.88. The van der Waals surface area contributed by atoms with Crippen molar-refractivity contribution in [3.63, 3.8) is 0 Å². The molecule has 0 saturated carbocycles. The van der Waals surface area contributed by atoms with Gasteiger partial charge >= 0.3 is 81.0 Å². The zero-order chi connectivity index (χ0) is 16.3. The molecule has 0 saturated heterocycles. The zero-order valence-corrected chi connectivity index (χ0v) is 22.3. The van der Waals surface area contributed by atoms with Crippen LogP contribution in [0.2, 0.25) is 78.6 Å². The normalized spacial score (nSPS) is 14.2. The van der Waals surface area contributed by atoms with E-state index in [0.717, 1.165) is 0 Å². The maximum atomic E-state index is 3.74. The van der Waals surface area contributed by atoms with Crippen molar-refractivity contribution >= 4 is 55.7 Å². The van der Waals surface area contributed by atoms with Gasteiger partial charge < -0.3 is 4.65 Å². The third kappa shape index (κ3) is 15.8. The number of hydrogen-bond donors (Lipinski definition) is 1. The summed E-state index contributed by atoms with van der Waals surface area (Å²) in [6, 6.07) is 0. The van der Waals surface area contributed by atoms with E-state index in [1.165, 1.54) is 0 Å². The van der Waals surface area contributed by atoms with Gasteiger partial charge in [0.2, 0.25) is 0 Å². The Hall–Kier alpha value is 1.59. The van der Waals surface area contributed by atoms with Crippen LogP contribution in [0, 0.1) is 0 Å². The Morgan fingerprint density at radius 3 is 0.789 bits per heavy atom. The van der Waals surface area contributed by atoms with Crippen LogP contribution in [0.1, 0.15) is 0 Å². The van der Waals surface area contributed by atoms with E-state index >= 15 is 0 Å². The van der Waals surface area contributed by atoms with Gasteiger partial charge in [0.1, 0.15) is 16.5 Å². The standard InChI is InChI=1S/C6H19NSi2.C6H18NSi2.Sn/c2*1-8(2,3)7-9(4,5)6;/h7H,1-6H3;1-6H3;/q;-1;+1. The van der Waals surface area contributed by atoms with Crippen LogP contribution in [0.25, 0.3) is 0 Å². The summed E-state index contributed by atoms with van der Waals surface area (Å²) in [5, 5.41) is 0. The minimum absolute atomic E-state index is 0.961. The van der Waals surface area contributed by atoms with Crippen LogP contribution in [-0.4, -0.2) is 58.2 Å². The number of nitrogens with one attached hydrogen (secondary N) is 1. The van der Waals surface area contributed by atoms with E-state index in [4.69, 9.17) is 0 Å². The van der Waals surface area contributed by atoms with Gasteiger partial charge in [0.15, 0.2) is 0 Å². The van der Waals surface area contributed by atoms with Crippen molar-refractivity contribution in [1.82, 2.24) is 7.10 Å². The molecule has 0 amide bonds. The van der Waals surface area contributed by atoms with Gasteiger partial charge in [-0.2, -0.15) is 0 Å². The predicted octanol–water partition coefficient (Wildman–Crippen LogP) is 4.29. The predicted molar refractivity (Wildman–Crippen MR) is 104 cm³/mol. The number of rotatable bonds is 4. The fourth-order valence-corrected chi connectivity index (χ4v) is 19.2. The first-order valence-corrected chi connectivity index (χ1v) is 22.3. The van der Waals surface area contributed by atoms with E-state index in [1.807, 2.05) is 0 Å². The monoisotopic (exact) mass is 441 g/mol. The second-order valence-electron chi connectivity index (χ2n) is 9.30. The first kappa shape index (κ1) is 22.9. The average Bonchev–Trinajstić information content (AvgIpc) is 1.92. The third-order valence-corrected chi connectivity index (χ3v) is 26.3. The van der Waals surface area contributed by atoms with Crippen molar-refractivity contribution in [2.75, 3.05) is 0 Å². The molecule has 0 aliphatic heterocycles. The van der Waals surface area contributed by atoms with Gasteiger partial charge in [-0.05, 0) is 0 Å². The van der Waals surface area contributed by atoms with E-state index in [1.54, 1.807) is 22.8 Å². The van der Waals surface area contributed by atoms with Crippen LogP contribution < -0.4 is 4.65 Å². The molecule has 0 atom stereocenters. The number of hydrogen-bond acceptors (Lipinski definition) is 2. The molecule has 7 heteroatoms. The molecular weight excluding hydrogens is 403 g/mol. The molecule has 19 heavy (non-hydrogen) atoms. The summed E-state index contributed by atoms with van der Waals surface area (Å²) in [5.74, 6) is 0. The molecular formula is C12H37N2Si4Sn. The molecule has 0 unspecified atom stereocenters. The summed E-state index contributed by atoms with van der Waals surface area (Å²) in [5.41, 5.74) is 0. The molecule has 115 valence electrons. The van der Waals surface area contributed by atoms with Gasteiger partial charge in [-0.3, -0.25) is 0 Å². The van der Waals surface area contributed by atoms with Crippen LogP contribution in [0.15, 0.2) is 0 Å². The molecule has 0 bridgehead atoms. The summed E-state index contributed by atoms with van der Waals surface area (Å²) < 4.78 is 6.48. The molecule has 0 aromatic carbocycles. The van der Waals surface area contributed by atoms with Crippen LogP contribution >= 0.6 is 0 Å². The van der Waals surface area contributed by atoms with Crippen molar-refractivity contribution in [2.45, 2.75) is 78.6 Å². The van der Waals surface area contributed by atoms with Gasteiger partial charge in [-0.15, -0.1) is 0 Å². The minimum atomic E-state index is -0.981. The van der Waals surface area contributed by atoms with Crippen LogP contribution in [0.4, 0.5) is 0 Å². The Labute approximate surface area is 140 Å². The van der Waals surface area contributed by atoms with E-state index in [2.05, 4.69) is 85.7 Å². The Kier molecular flexibility index (Phi) is 9.30. The topological polar surface area (TPSA) is 15.3 Å². The second-order valence-corrected chi connectivity index (χ2v) is 33.2. The summed E-state index contributed by atoms with van der Waals surface area (Å²) in [4.78, 5) is 0. The number of nitrogens with zero attached hydrogens (tertiary/aromatic N) is 1. The fourth-order valence-electron chi connectivity index (χ4n) is 2.13. The fraction of sp³-hybridized carbons (Fsp3) is 1.00. The zero-order valence-electron chi connectivity index (χ0n) is 15.4. The van der Waals surface area contributed by atoms with Gasteiger partial charge in [-0.25, -0.2) is 0 Å². The Balaban J connectivity index is 0. The maximum absolute atomic E-state index is 3.74. The van der Waals surface area contributed by atoms with Crippen molar-refractivity contribution in [1.29, 1.82) is 0 Å². The van der Waals surface area contributed by atoms with E-state index in [-0.39, 0.29) is 0 Å². The SMILES string of the molecule is C[Si](C)(C)N[Si](C)(C)C.C[Si](C)(C)[N]([Sn])[Si](C)(C)C. The van der Waals surface area contributed by atoms with Crippen molar-refractivity contribution in [2.24, 2.45) is 0 Å². The van der Waals surface area contributed by atoms with Crippen LogP contribution in [0.3, 0.4) is 0 Å². The second kappa shape index (κ2) is 7.73. The first-order valence-electron chi connectivity index (χ1n) is 7.17. The Morgan fingerprint density at radius 1 is 0.579 bits per heavy atom. The molecule has 0 aromatic rings. The van der Waals surface area contributed by atoms with Gasteiger partial charge in [0.05, 0.1) is 0 Å². The molecule has 1 N–H and O–H groups in total. The van der Waals surface area contributed by atoms with Crippen LogP contribution in [-0.2, 0) is 0 Å². The summed E-state index contributed by atoms with van der Waals surface area (Å²) in [6.07, 6.45) is 0. The van der Waals surface area contributed by atoms with E-state index in [0.29, 0.717) is 0 Å². The van der Waals surface area contributed by atoms with E-state index < -0.39 is 32.9 Å². The Morgan fingerprint density at radius 2 is 0.789 bits per heavy atom. The van der Waals surface area contributed by atoms with E-state index in [9.17, 15) is 0 Å². The molecule has 0 fully saturated rings.